The maximum Gasteiger partial charge on any atom is 0.245 e. The largest absolute Gasteiger partial charge is 0.394 e. The highest BCUT2D eigenvalue weighted by atomic mass is 32.2. The highest BCUT2D eigenvalue weighted by Gasteiger charge is 2.50. The van der Waals surface area contributed by atoms with Gasteiger partial charge in [0.2, 0.25) is 17.7 Å². The summed E-state index contributed by atoms with van der Waals surface area (Å²) in [7, 11) is -3.45. The van der Waals surface area contributed by atoms with Crippen LogP contribution in [-0.4, -0.2) is 118 Å². The normalized spacial score (nSPS) is 22.3. The maximum atomic E-state index is 13.8. The van der Waals surface area contributed by atoms with Crippen molar-refractivity contribution >= 4 is 33.3 Å². The number of aliphatic hydroxyl groups is 1. The first-order chi connectivity index (χ1) is 21.4. The van der Waals surface area contributed by atoms with E-state index in [-0.39, 0.29) is 30.3 Å². The molecule has 3 aliphatic rings. The molecule has 1 aromatic carbocycles. The first kappa shape index (κ1) is 34.7. The number of nitrogens with one attached hydrogen (secondary N) is 3. The van der Waals surface area contributed by atoms with Gasteiger partial charge in [-0.1, -0.05) is 23.8 Å². The van der Waals surface area contributed by atoms with E-state index >= 15 is 0 Å². The highest BCUT2D eigenvalue weighted by Crippen LogP contribution is 2.31. The van der Waals surface area contributed by atoms with Crippen LogP contribution in [0.15, 0.2) is 40.8 Å². The zero-order chi connectivity index (χ0) is 32.6. The molecule has 4 rings (SSSR count). The predicted octanol–water partition coefficient (Wildman–Crippen LogP) is -0.340. The molecule has 0 saturated carbocycles. The molecule has 2 fully saturated rings. The summed E-state index contributed by atoms with van der Waals surface area (Å²) < 4.78 is 34.6. The second-order valence-electron chi connectivity index (χ2n) is 12.1. The number of carbonyl (C=O) groups is 4. The van der Waals surface area contributed by atoms with E-state index in [0.717, 1.165) is 37.5 Å². The number of ether oxygens (including phenoxy) is 2. The Bertz CT molecular complexity index is 1370. The van der Waals surface area contributed by atoms with Gasteiger partial charge in [0.1, 0.15) is 17.7 Å². The summed E-state index contributed by atoms with van der Waals surface area (Å²) in [5.74, 6) is -2.14. The monoisotopic (exact) mass is 648 g/mol. The third-order valence-corrected chi connectivity index (χ3v) is 9.44. The van der Waals surface area contributed by atoms with Gasteiger partial charge >= 0.3 is 0 Å². The molecule has 0 aromatic heterocycles. The molecule has 2 aliphatic heterocycles. The van der Waals surface area contributed by atoms with Crippen molar-refractivity contribution in [2.75, 3.05) is 52.3 Å². The zero-order valence-corrected chi connectivity index (χ0v) is 26.7. The van der Waals surface area contributed by atoms with Gasteiger partial charge in [0.25, 0.3) is 0 Å². The van der Waals surface area contributed by atoms with E-state index < -0.39 is 57.9 Å². The number of rotatable bonds is 15. The number of Topliss-reactive ketones (excluding diaryl/α,β-unsaturated/α-hetero) is 1. The lowest BCUT2D eigenvalue weighted by Crippen LogP contribution is -2.58. The van der Waals surface area contributed by atoms with Crippen LogP contribution in [0.3, 0.4) is 0 Å². The number of carbonyl (C=O) groups excluding carboxylic acids is 4. The van der Waals surface area contributed by atoms with Crippen molar-refractivity contribution in [1.29, 1.82) is 0 Å². The molecular weight excluding hydrogens is 604 g/mol. The first-order valence-electron chi connectivity index (χ1n) is 15.3. The molecule has 2 heterocycles. The Morgan fingerprint density at radius 3 is 2.18 bits per heavy atom. The number of hydrogen-bond acceptors (Lipinski definition) is 10. The summed E-state index contributed by atoms with van der Waals surface area (Å²) in [5, 5.41) is 18.0. The van der Waals surface area contributed by atoms with Gasteiger partial charge in [0.05, 0.1) is 43.9 Å². The summed E-state index contributed by atoms with van der Waals surface area (Å²) >= 11 is 0. The molecule has 4 atom stereocenters. The lowest BCUT2D eigenvalue weighted by atomic mass is 9.89. The number of nitrogens with zero attached hydrogens (tertiary/aromatic N) is 1. The van der Waals surface area contributed by atoms with Crippen LogP contribution in [0.2, 0.25) is 0 Å². The van der Waals surface area contributed by atoms with Crippen molar-refractivity contribution < 1.29 is 42.2 Å². The Hall–Kier alpha value is -3.17. The van der Waals surface area contributed by atoms with Gasteiger partial charge in [-0.3, -0.25) is 24.1 Å². The number of allylic oxidation sites excluding steroid dienone is 1. The molecular formula is C31H44N4O9S. The van der Waals surface area contributed by atoms with E-state index in [0.29, 0.717) is 38.3 Å². The minimum atomic E-state index is -3.45. The van der Waals surface area contributed by atoms with E-state index in [9.17, 15) is 32.7 Å². The summed E-state index contributed by atoms with van der Waals surface area (Å²) in [6.45, 7) is 3.35. The van der Waals surface area contributed by atoms with Crippen LogP contribution in [0, 0.1) is 0 Å². The third-order valence-electron chi connectivity index (χ3n) is 8.31. The fraction of sp³-hybridized carbons (Fsp3) is 0.613. The van der Waals surface area contributed by atoms with Crippen molar-refractivity contribution in [3.05, 3.63) is 41.5 Å². The highest BCUT2D eigenvalue weighted by molar-refractivity contribution is 7.90. The Kier molecular flexibility index (Phi) is 11.9. The number of benzene rings is 1. The molecule has 0 radical (unpaired) electrons. The van der Waals surface area contributed by atoms with E-state index in [2.05, 4.69) is 22.0 Å². The quantitative estimate of drug-likeness (QED) is 0.145. The number of sulfone groups is 1. The van der Waals surface area contributed by atoms with Gasteiger partial charge in [-0.25, -0.2) is 8.42 Å². The summed E-state index contributed by atoms with van der Waals surface area (Å²) in [6.07, 6.45) is 7.26. The average Bonchev–Trinajstić information content (AvgIpc) is 3.77. The summed E-state index contributed by atoms with van der Waals surface area (Å²) in [5.41, 5.74) is 0.639. The standard InChI is InChI=1S/C31H44N4O9S/c1-31(20-44-31)28(38)24(16-21-6-4-3-5-7-21)33-29(39)25(17-22-8-10-23(11-9-22)45(2,41)42)34-30(40)26(19-36)32-27(37)18-35-12-14-43-15-13-35/h6,8-11,24-26,36H,3-5,7,12-20H2,1-2H3,(H,32,37)(H,33,39)(H,34,40). The minimum absolute atomic E-state index is 0.0181. The smallest absolute Gasteiger partial charge is 0.245 e. The number of hydrogen-bond donors (Lipinski definition) is 4. The maximum absolute atomic E-state index is 13.8. The van der Waals surface area contributed by atoms with Crippen molar-refractivity contribution in [1.82, 2.24) is 20.9 Å². The Labute approximate surface area is 264 Å². The lowest BCUT2D eigenvalue weighted by Gasteiger charge is -2.28. The van der Waals surface area contributed by atoms with Crippen LogP contribution >= 0.6 is 0 Å². The molecule has 1 aliphatic carbocycles. The number of ketones is 1. The second kappa shape index (κ2) is 15.4. The van der Waals surface area contributed by atoms with Crippen LogP contribution in [0.4, 0.5) is 0 Å². The van der Waals surface area contributed by atoms with Gasteiger partial charge < -0.3 is 30.5 Å². The fourth-order valence-electron chi connectivity index (χ4n) is 5.44. The first-order valence-corrected chi connectivity index (χ1v) is 17.2. The molecule has 2 saturated heterocycles. The fourth-order valence-corrected chi connectivity index (χ4v) is 6.07. The molecule has 3 amide bonds. The predicted molar refractivity (Wildman–Crippen MR) is 164 cm³/mol. The number of amides is 3. The Balaban J connectivity index is 1.51. The van der Waals surface area contributed by atoms with Crippen molar-refractivity contribution in [2.24, 2.45) is 0 Å². The SMILES string of the molecule is CC1(C(=O)C(CC2=CCCCC2)NC(=O)C(Cc2ccc(S(C)(=O)=O)cc2)NC(=O)C(CO)NC(=O)CN2CCOCC2)CO1. The van der Waals surface area contributed by atoms with Crippen molar-refractivity contribution in [3.8, 4) is 0 Å². The molecule has 13 nitrogen and oxygen atoms in total. The lowest BCUT2D eigenvalue weighted by molar-refractivity contribution is -0.135. The Morgan fingerprint density at radius 2 is 1.60 bits per heavy atom. The molecule has 45 heavy (non-hydrogen) atoms. The average molecular weight is 649 g/mol. The molecule has 0 bridgehead atoms. The van der Waals surface area contributed by atoms with Crippen molar-refractivity contribution in [3.63, 3.8) is 0 Å². The van der Waals surface area contributed by atoms with E-state index in [1.807, 2.05) is 4.90 Å². The number of morpholine rings is 1. The van der Waals surface area contributed by atoms with Crippen LogP contribution in [0.5, 0.6) is 0 Å². The van der Waals surface area contributed by atoms with Crippen LogP contribution in [0.25, 0.3) is 0 Å². The van der Waals surface area contributed by atoms with E-state index in [4.69, 9.17) is 9.47 Å². The number of aliphatic hydroxyl groups excluding tert-OH is 1. The summed E-state index contributed by atoms with van der Waals surface area (Å²) in [6, 6.07) is 2.49. The Morgan fingerprint density at radius 1 is 0.956 bits per heavy atom. The molecule has 4 unspecified atom stereocenters. The minimum Gasteiger partial charge on any atom is -0.394 e. The van der Waals surface area contributed by atoms with Gasteiger partial charge in [-0.2, -0.15) is 0 Å². The van der Waals surface area contributed by atoms with Crippen molar-refractivity contribution in [2.45, 2.75) is 74.1 Å². The van der Waals surface area contributed by atoms with Gasteiger partial charge in [0, 0.05) is 25.8 Å². The van der Waals surface area contributed by atoms with E-state index in [1.54, 1.807) is 19.1 Å². The molecule has 4 N–H and O–H groups in total. The molecule has 248 valence electrons. The van der Waals surface area contributed by atoms with Crippen LogP contribution in [0.1, 0.15) is 44.6 Å². The third kappa shape index (κ3) is 10.2. The zero-order valence-electron chi connectivity index (χ0n) is 25.9. The topological polar surface area (TPSA) is 184 Å². The number of epoxide rings is 1. The van der Waals surface area contributed by atoms with Gasteiger partial charge in [-0.05, 0) is 56.7 Å². The van der Waals surface area contributed by atoms with Gasteiger partial charge in [0.15, 0.2) is 15.6 Å². The molecule has 1 aromatic rings. The van der Waals surface area contributed by atoms with Crippen LogP contribution < -0.4 is 16.0 Å². The second-order valence-corrected chi connectivity index (χ2v) is 14.1. The molecule has 14 heteroatoms. The van der Waals surface area contributed by atoms with Crippen LogP contribution in [-0.2, 0) is 44.9 Å². The van der Waals surface area contributed by atoms with Gasteiger partial charge in [-0.15, -0.1) is 0 Å². The summed E-state index contributed by atoms with van der Waals surface area (Å²) in [4.78, 5) is 55.2. The molecule has 0 spiro atoms. The van der Waals surface area contributed by atoms with E-state index in [1.165, 1.54) is 12.1 Å².